The van der Waals surface area contributed by atoms with E-state index >= 15 is 0 Å². The Bertz CT molecular complexity index is 1090. The number of carbonyl (C=O) groups is 2. The minimum atomic E-state index is -1.72. The molecule has 0 aliphatic carbocycles. The van der Waals surface area contributed by atoms with E-state index in [9.17, 15) is 27.6 Å². The van der Waals surface area contributed by atoms with Crippen molar-refractivity contribution < 1.29 is 22.8 Å². The molecule has 8 nitrogen and oxygen atoms in total. The smallest absolute Gasteiger partial charge is 0.345 e. The Morgan fingerprint density at radius 2 is 1.81 bits per heavy atom. The molecule has 0 aliphatic heterocycles. The number of pyridine rings is 1. The third kappa shape index (κ3) is 3.81. The first-order valence-corrected chi connectivity index (χ1v) is 7.61. The second-order valence-electron chi connectivity index (χ2n) is 5.42. The van der Waals surface area contributed by atoms with Gasteiger partial charge in [-0.25, -0.2) is 22.6 Å². The fraction of sp³-hybridized carbons (Fsp3) is 0.125. The van der Waals surface area contributed by atoms with Crippen molar-refractivity contribution >= 4 is 23.1 Å². The van der Waals surface area contributed by atoms with Crippen molar-refractivity contribution in [1.82, 2.24) is 19.5 Å². The lowest BCUT2D eigenvalue weighted by molar-refractivity contribution is -0.124. The van der Waals surface area contributed by atoms with Crippen LogP contribution in [0.1, 0.15) is 0 Å². The van der Waals surface area contributed by atoms with Gasteiger partial charge in [-0.05, 0) is 24.3 Å². The Hall–Kier alpha value is -3.63. The second kappa shape index (κ2) is 7.32. The number of carbonyl (C=O) groups excluding carboxylic acids is 2. The van der Waals surface area contributed by atoms with Gasteiger partial charge in [-0.1, -0.05) is 6.07 Å². The molecule has 0 radical (unpaired) electrons. The highest BCUT2D eigenvalue weighted by atomic mass is 19.2. The Morgan fingerprint density at radius 1 is 1.04 bits per heavy atom. The van der Waals surface area contributed by atoms with Gasteiger partial charge in [0, 0.05) is 6.20 Å². The molecule has 0 fully saturated rings. The molecule has 3 aromatic rings. The molecule has 2 amide bonds. The molecule has 2 N–H and O–H groups in total. The summed E-state index contributed by atoms with van der Waals surface area (Å²) in [6.45, 7) is -1.01. The molecule has 11 heteroatoms. The van der Waals surface area contributed by atoms with Crippen LogP contribution in [0.3, 0.4) is 0 Å². The summed E-state index contributed by atoms with van der Waals surface area (Å²) < 4.78 is 41.6. The zero-order chi connectivity index (χ0) is 19.6. The summed E-state index contributed by atoms with van der Waals surface area (Å²) in [4.78, 5) is 35.6. The fourth-order valence-corrected chi connectivity index (χ4v) is 2.26. The Morgan fingerprint density at radius 3 is 2.56 bits per heavy atom. The van der Waals surface area contributed by atoms with Gasteiger partial charge in [0.1, 0.15) is 6.54 Å². The van der Waals surface area contributed by atoms with Crippen LogP contribution in [0.5, 0.6) is 0 Å². The van der Waals surface area contributed by atoms with Gasteiger partial charge in [-0.15, -0.1) is 5.10 Å². The topological polar surface area (TPSA) is 97.5 Å². The summed E-state index contributed by atoms with van der Waals surface area (Å²) in [7, 11) is 0. The summed E-state index contributed by atoms with van der Waals surface area (Å²) in [5, 5.41) is 8.18. The number of rotatable bonds is 5. The predicted octanol–water partition coefficient (Wildman–Crippen LogP) is 0.668. The third-order valence-electron chi connectivity index (χ3n) is 3.54. The normalized spacial score (nSPS) is 10.8. The fourth-order valence-electron chi connectivity index (χ4n) is 2.26. The lowest BCUT2D eigenvalue weighted by Gasteiger charge is -2.08. The maximum absolute atomic E-state index is 13.5. The van der Waals surface area contributed by atoms with Crippen LogP contribution < -0.4 is 16.3 Å². The van der Waals surface area contributed by atoms with Gasteiger partial charge in [0.25, 0.3) is 0 Å². The number of anilines is 1. The monoisotopic (exact) mass is 379 g/mol. The summed E-state index contributed by atoms with van der Waals surface area (Å²) >= 11 is 0. The first-order valence-electron chi connectivity index (χ1n) is 7.61. The Balaban J connectivity index is 1.59. The first-order chi connectivity index (χ1) is 12.9. The van der Waals surface area contributed by atoms with Crippen LogP contribution >= 0.6 is 0 Å². The average molecular weight is 379 g/mol. The van der Waals surface area contributed by atoms with Crippen LogP contribution in [0.4, 0.5) is 18.9 Å². The van der Waals surface area contributed by atoms with E-state index < -0.39 is 53.7 Å². The summed E-state index contributed by atoms with van der Waals surface area (Å²) in [5.41, 5.74) is -0.749. The number of fused-ring (bicyclic) bond motifs is 1. The molecular formula is C16H12F3N5O3. The van der Waals surface area contributed by atoms with Gasteiger partial charge >= 0.3 is 5.69 Å². The number of halogens is 3. The van der Waals surface area contributed by atoms with Crippen LogP contribution in [0.25, 0.3) is 5.65 Å². The molecule has 1 aromatic carbocycles. The molecule has 0 saturated heterocycles. The summed E-state index contributed by atoms with van der Waals surface area (Å²) in [6, 6.07) is 6.39. The molecule has 0 atom stereocenters. The molecule has 0 saturated carbocycles. The number of nitrogens with zero attached hydrogens (tertiary/aromatic N) is 3. The number of amides is 2. The van der Waals surface area contributed by atoms with Gasteiger partial charge in [-0.3, -0.25) is 14.0 Å². The Labute approximate surface area is 149 Å². The van der Waals surface area contributed by atoms with Crippen molar-refractivity contribution in [1.29, 1.82) is 0 Å². The highest BCUT2D eigenvalue weighted by molar-refractivity contribution is 5.94. The van der Waals surface area contributed by atoms with E-state index in [1.165, 1.54) is 10.6 Å². The van der Waals surface area contributed by atoms with Crippen LogP contribution in [-0.4, -0.2) is 32.5 Å². The van der Waals surface area contributed by atoms with Crippen LogP contribution in [0, 0.1) is 17.5 Å². The van der Waals surface area contributed by atoms with Crippen molar-refractivity contribution in [2.24, 2.45) is 0 Å². The molecule has 2 heterocycles. The zero-order valence-electron chi connectivity index (χ0n) is 13.6. The van der Waals surface area contributed by atoms with E-state index in [0.717, 1.165) is 10.7 Å². The molecule has 0 spiro atoms. The molecule has 0 aliphatic rings. The molecular weight excluding hydrogens is 367 g/mol. The number of hydrogen-bond acceptors (Lipinski definition) is 4. The van der Waals surface area contributed by atoms with E-state index in [1.54, 1.807) is 18.2 Å². The van der Waals surface area contributed by atoms with E-state index in [4.69, 9.17) is 0 Å². The molecule has 27 heavy (non-hydrogen) atoms. The standard InChI is InChI=1S/C16H12F3N5O3/c17-9-4-5-10(15(19)14(9)18)21-12(25)7-20-13(26)8-24-16(27)23-6-2-1-3-11(23)22-24/h1-6H,7-8H2,(H,20,26)(H,21,25). The molecule has 2 aromatic heterocycles. The predicted molar refractivity (Wildman–Crippen MR) is 87.4 cm³/mol. The maximum Gasteiger partial charge on any atom is 0.350 e. The number of aromatic nitrogens is 3. The quantitative estimate of drug-likeness (QED) is 0.637. The van der Waals surface area contributed by atoms with Gasteiger partial charge < -0.3 is 10.6 Å². The molecule has 140 valence electrons. The largest absolute Gasteiger partial charge is 0.350 e. The van der Waals surface area contributed by atoms with Crippen molar-refractivity contribution in [3.05, 3.63) is 64.5 Å². The van der Waals surface area contributed by atoms with Crippen molar-refractivity contribution in [3.63, 3.8) is 0 Å². The number of hydrogen-bond donors (Lipinski definition) is 2. The van der Waals surface area contributed by atoms with Gasteiger partial charge in [-0.2, -0.15) is 0 Å². The minimum absolute atomic E-state index is 0.349. The average Bonchev–Trinajstić information content (AvgIpc) is 2.96. The summed E-state index contributed by atoms with van der Waals surface area (Å²) in [6.07, 6.45) is 1.49. The molecule has 0 bridgehead atoms. The highest BCUT2D eigenvalue weighted by Crippen LogP contribution is 2.19. The zero-order valence-corrected chi connectivity index (χ0v) is 13.6. The highest BCUT2D eigenvalue weighted by Gasteiger charge is 2.16. The van der Waals surface area contributed by atoms with Crippen molar-refractivity contribution in [2.75, 3.05) is 11.9 Å². The lowest BCUT2D eigenvalue weighted by atomic mass is 10.2. The molecule has 0 unspecified atom stereocenters. The minimum Gasteiger partial charge on any atom is -0.345 e. The van der Waals surface area contributed by atoms with E-state index in [1.807, 2.05) is 5.32 Å². The van der Waals surface area contributed by atoms with Crippen LogP contribution in [0.15, 0.2) is 41.3 Å². The van der Waals surface area contributed by atoms with Crippen molar-refractivity contribution in [2.45, 2.75) is 6.54 Å². The van der Waals surface area contributed by atoms with Crippen LogP contribution in [0.2, 0.25) is 0 Å². The number of nitrogens with one attached hydrogen (secondary N) is 2. The maximum atomic E-state index is 13.5. The van der Waals surface area contributed by atoms with Gasteiger partial charge in [0.2, 0.25) is 11.8 Å². The van der Waals surface area contributed by atoms with Gasteiger partial charge in [0.15, 0.2) is 23.1 Å². The third-order valence-corrected chi connectivity index (χ3v) is 3.54. The van der Waals surface area contributed by atoms with E-state index in [-0.39, 0.29) is 0 Å². The lowest BCUT2D eigenvalue weighted by Crippen LogP contribution is -2.37. The Kier molecular flexibility index (Phi) is 4.92. The van der Waals surface area contributed by atoms with Crippen LogP contribution in [-0.2, 0) is 16.1 Å². The second-order valence-corrected chi connectivity index (χ2v) is 5.42. The SMILES string of the molecule is O=C(Cn1nc2ccccn2c1=O)NCC(=O)Nc1ccc(F)c(F)c1F. The van der Waals surface area contributed by atoms with E-state index in [2.05, 4.69) is 10.4 Å². The molecule has 3 rings (SSSR count). The summed E-state index contributed by atoms with van der Waals surface area (Å²) in [5.74, 6) is -6.22. The van der Waals surface area contributed by atoms with E-state index in [0.29, 0.717) is 11.7 Å². The van der Waals surface area contributed by atoms with Gasteiger partial charge in [0.05, 0.1) is 12.2 Å². The number of benzene rings is 1. The first kappa shape index (κ1) is 18.2. The van der Waals surface area contributed by atoms with Crippen molar-refractivity contribution in [3.8, 4) is 0 Å².